The van der Waals surface area contributed by atoms with Crippen molar-refractivity contribution in [3.63, 3.8) is 0 Å². The minimum absolute atomic E-state index is 0.613. The molecule has 2 aromatic carbocycles. The topological polar surface area (TPSA) is 23.8 Å². The summed E-state index contributed by atoms with van der Waals surface area (Å²) in [6.45, 7) is 3.67. The van der Waals surface area contributed by atoms with Crippen LogP contribution in [0.15, 0.2) is 55.1 Å². The molecule has 0 spiro atoms. The van der Waals surface area contributed by atoms with Gasteiger partial charge in [-0.05, 0) is 38.6 Å². The van der Waals surface area contributed by atoms with Crippen molar-refractivity contribution in [1.82, 2.24) is 0 Å². The van der Waals surface area contributed by atoms with Crippen molar-refractivity contribution in [2.45, 2.75) is 0 Å². The molecule has 0 bridgehead atoms. The fourth-order valence-electron chi connectivity index (χ4n) is 2.36. The normalized spacial score (nSPS) is 12.8. The van der Waals surface area contributed by atoms with E-state index in [0.717, 1.165) is 5.22 Å². The summed E-state index contributed by atoms with van der Waals surface area (Å²) in [5.74, 6) is 0. The number of rotatable bonds is 1. The molecule has 1 aliphatic carbocycles. The molecule has 3 rings (SSSR count). The van der Waals surface area contributed by atoms with E-state index in [-0.39, 0.29) is 0 Å². The van der Waals surface area contributed by atoms with E-state index in [1.54, 1.807) is 6.08 Å². The summed E-state index contributed by atoms with van der Waals surface area (Å²) in [6.07, 6.45) is 3.76. The van der Waals surface area contributed by atoms with Crippen LogP contribution in [-0.2, 0) is 0 Å². The van der Waals surface area contributed by atoms with E-state index in [1.807, 2.05) is 18.2 Å². The zero-order chi connectivity index (χ0) is 12.5. The summed E-state index contributed by atoms with van der Waals surface area (Å²) < 4.78 is 0. The number of benzene rings is 2. The Labute approximate surface area is 105 Å². The lowest BCUT2D eigenvalue weighted by atomic mass is 10.1. The number of nitriles is 1. The third-order valence-corrected chi connectivity index (χ3v) is 3.25. The van der Waals surface area contributed by atoms with Gasteiger partial charge in [0.1, 0.15) is 0 Å². The molecule has 0 heterocycles. The summed E-state index contributed by atoms with van der Waals surface area (Å²) in [4.78, 5) is 0. The molecule has 0 amide bonds. The Hall–Kier alpha value is -2.59. The van der Waals surface area contributed by atoms with Crippen LogP contribution in [0.3, 0.4) is 0 Å². The van der Waals surface area contributed by atoms with Gasteiger partial charge in [-0.25, -0.2) is 0 Å². The van der Waals surface area contributed by atoms with Crippen molar-refractivity contribution in [1.29, 1.82) is 5.26 Å². The molecular weight excluding hydrogens is 218 g/mol. The Balaban J connectivity index is 2.46. The van der Waals surface area contributed by atoms with Crippen LogP contribution in [0.2, 0.25) is 0 Å². The summed E-state index contributed by atoms with van der Waals surface area (Å²) in [5, 5.41) is 13.7. The second kappa shape index (κ2) is 4.01. The second-order valence-electron chi connectivity index (χ2n) is 4.26. The first kappa shape index (κ1) is 10.6. The van der Waals surface area contributed by atoms with Gasteiger partial charge in [0.2, 0.25) is 0 Å². The highest BCUT2D eigenvalue weighted by Crippen LogP contribution is 2.07. The van der Waals surface area contributed by atoms with Crippen LogP contribution in [-0.4, -0.2) is 0 Å². The van der Waals surface area contributed by atoms with Crippen molar-refractivity contribution in [2.75, 3.05) is 0 Å². The van der Waals surface area contributed by atoms with Crippen molar-refractivity contribution in [3.8, 4) is 6.07 Å². The van der Waals surface area contributed by atoms with Crippen molar-refractivity contribution in [2.24, 2.45) is 0 Å². The van der Waals surface area contributed by atoms with Gasteiger partial charge in [0.15, 0.2) is 0 Å². The molecule has 0 aromatic heterocycles. The Morgan fingerprint density at radius 1 is 1.11 bits per heavy atom. The predicted molar refractivity (Wildman–Crippen MR) is 72.6 cm³/mol. The number of nitrogens with zero attached hydrogens (tertiary/aromatic N) is 1. The second-order valence-corrected chi connectivity index (χ2v) is 4.26. The van der Waals surface area contributed by atoms with Gasteiger partial charge in [-0.3, -0.25) is 0 Å². The third-order valence-electron chi connectivity index (χ3n) is 3.25. The SMILES string of the molecule is C=C/C(C#N)=c1/ccc2c(c1)C=c1ccccc1=2. The van der Waals surface area contributed by atoms with E-state index in [9.17, 15) is 0 Å². The average Bonchev–Trinajstić information content (AvgIpc) is 2.78. The molecule has 84 valence electrons. The number of allylic oxidation sites excluding steroid dienone is 1. The molecule has 0 radical (unpaired) electrons. The summed E-state index contributed by atoms with van der Waals surface area (Å²) in [5.41, 5.74) is 1.78. The molecule has 0 atom stereocenters. The maximum atomic E-state index is 9.03. The van der Waals surface area contributed by atoms with Crippen LogP contribution in [0.1, 0.15) is 5.56 Å². The maximum Gasteiger partial charge on any atom is 0.0997 e. The lowest BCUT2D eigenvalue weighted by Gasteiger charge is -1.94. The van der Waals surface area contributed by atoms with E-state index in [2.05, 4.69) is 43.0 Å². The van der Waals surface area contributed by atoms with E-state index < -0.39 is 0 Å². The zero-order valence-electron chi connectivity index (χ0n) is 9.85. The Bertz CT molecular complexity index is 896. The van der Waals surface area contributed by atoms with E-state index in [1.165, 1.54) is 21.2 Å². The highest BCUT2D eigenvalue weighted by atomic mass is 14.2. The molecule has 0 fully saturated rings. The molecule has 1 heteroatoms. The Kier molecular flexibility index (Phi) is 2.35. The molecular formula is C17H11N. The van der Waals surface area contributed by atoms with Crippen LogP contribution in [0, 0.1) is 21.8 Å². The first-order valence-corrected chi connectivity index (χ1v) is 5.81. The molecule has 0 aliphatic heterocycles. The minimum Gasteiger partial charge on any atom is -0.192 e. The standard InChI is InChI=1S/C17H11N/c1-2-12(11-18)13-7-8-17-15(9-13)10-14-5-3-4-6-16(14)17/h2-10H,1H2/b13-12+. The van der Waals surface area contributed by atoms with E-state index >= 15 is 0 Å². The van der Waals surface area contributed by atoms with Gasteiger partial charge in [-0.1, -0.05) is 49.1 Å². The van der Waals surface area contributed by atoms with Gasteiger partial charge in [0.05, 0.1) is 11.6 Å². The van der Waals surface area contributed by atoms with Crippen LogP contribution >= 0.6 is 0 Å². The molecule has 0 saturated carbocycles. The monoisotopic (exact) mass is 229 g/mol. The summed E-state index contributed by atoms with van der Waals surface area (Å²) >= 11 is 0. The number of hydrogen-bond acceptors (Lipinski definition) is 1. The van der Waals surface area contributed by atoms with Crippen molar-refractivity contribution in [3.05, 3.63) is 81.6 Å². The molecule has 18 heavy (non-hydrogen) atoms. The Morgan fingerprint density at radius 2 is 1.94 bits per heavy atom. The van der Waals surface area contributed by atoms with Crippen LogP contribution in [0.5, 0.6) is 0 Å². The van der Waals surface area contributed by atoms with Gasteiger partial charge >= 0.3 is 0 Å². The Morgan fingerprint density at radius 3 is 2.72 bits per heavy atom. The number of hydrogen-bond donors (Lipinski definition) is 0. The van der Waals surface area contributed by atoms with Gasteiger partial charge in [0.25, 0.3) is 0 Å². The lowest BCUT2D eigenvalue weighted by Crippen LogP contribution is -2.03. The van der Waals surface area contributed by atoms with Gasteiger partial charge in [0, 0.05) is 0 Å². The average molecular weight is 229 g/mol. The van der Waals surface area contributed by atoms with Crippen LogP contribution in [0.4, 0.5) is 0 Å². The fourth-order valence-corrected chi connectivity index (χ4v) is 2.36. The predicted octanol–water partition coefficient (Wildman–Crippen LogP) is 1.98. The van der Waals surface area contributed by atoms with E-state index in [4.69, 9.17) is 5.26 Å². The first-order chi connectivity index (χ1) is 8.83. The molecule has 1 aliphatic rings. The smallest absolute Gasteiger partial charge is 0.0997 e. The summed E-state index contributed by atoms with van der Waals surface area (Å²) in [6, 6.07) is 16.6. The van der Waals surface area contributed by atoms with Gasteiger partial charge in [-0.15, -0.1) is 0 Å². The van der Waals surface area contributed by atoms with E-state index in [0.29, 0.717) is 5.57 Å². The van der Waals surface area contributed by atoms with Crippen LogP contribution < -0.4 is 10.4 Å². The maximum absolute atomic E-state index is 9.03. The number of fused-ring (bicyclic) bond motifs is 2. The zero-order valence-corrected chi connectivity index (χ0v) is 9.85. The summed E-state index contributed by atoms with van der Waals surface area (Å²) in [7, 11) is 0. The largest absolute Gasteiger partial charge is 0.192 e. The molecule has 0 N–H and O–H groups in total. The van der Waals surface area contributed by atoms with Gasteiger partial charge < -0.3 is 0 Å². The molecule has 0 unspecified atom stereocenters. The van der Waals surface area contributed by atoms with Crippen molar-refractivity contribution >= 4 is 11.6 Å². The first-order valence-electron chi connectivity index (χ1n) is 5.81. The molecule has 1 nitrogen and oxygen atoms in total. The fraction of sp³-hybridized carbons (Fsp3) is 0. The van der Waals surface area contributed by atoms with Crippen LogP contribution in [0.25, 0.3) is 11.6 Å². The molecule has 2 aromatic rings. The molecule has 0 saturated heterocycles. The third kappa shape index (κ3) is 1.48. The minimum atomic E-state index is 0.613. The highest BCUT2D eigenvalue weighted by molar-refractivity contribution is 5.70. The van der Waals surface area contributed by atoms with Crippen molar-refractivity contribution < 1.29 is 0 Å². The van der Waals surface area contributed by atoms with Gasteiger partial charge in [-0.2, -0.15) is 5.26 Å². The highest BCUT2D eigenvalue weighted by Gasteiger charge is 2.02. The lowest BCUT2D eigenvalue weighted by molar-refractivity contribution is 1.45. The quantitative estimate of drug-likeness (QED) is 0.626.